The van der Waals surface area contributed by atoms with Crippen molar-refractivity contribution in [1.29, 1.82) is 0 Å². The van der Waals surface area contributed by atoms with Crippen LogP contribution in [0, 0.1) is 0 Å². The summed E-state index contributed by atoms with van der Waals surface area (Å²) >= 11 is 0. The van der Waals surface area contributed by atoms with E-state index in [1.165, 1.54) is 12.1 Å². The molecule has 0 aliphatic rings. The van der Waals surface area contributed by atoms with Crippen LogP contribution >= 0.6 is 0 Å². The van der Waals surface area contributed by atoms with Crippen molar-refractivity contribution < 1.29 is 12.3 Å². The Morgan fingerprint density at radius 2 is 0.941 bits per heavy atom. The predicted molar refractivity (Wildman–Crippen MR) is 150 cm³/mol. The number of hydrogen-bond acceptors (Lipinski definition) is 3. The molecule has 190 valence electrons. The van der Waals surface area contributed by atoms with E-state index in [4.69, 9.17) is 0 Å². The van der Waals surface area contributed by atoms with E-state index >= 15 is 12.3 Å². The van der Waals surface area contributed by atoms with Gasteiger partial charge >= 0.3 is 17.8 Å². The molecule has 2 aromatic carbocycles. The largest absolute Gasteiger partial charge is 0.567 e. The number of anilines is 1. The number of halogens is 3. The van der Waals surface area contributed by atoms with E-state index in [9.17, 15) is 0 Å². The van der Waals surface area contributed by atoms with Crippen LogP contribution in [-0.2, 0) is 0 Å². The predicted octanol–water partition coefficient (Wildman–Crippen LogP) is 6.77. The lowest BCUT2D eigenvalue weighted by Gasteiger charge is -2.59. The zero-order valence-electron chi connectivity index (χ0n) is 22.4. The number of nitrogens with zero attached hydrogens (tertiary/aromatic N) is 3. The molecular weight excluding hydrogens is 500 g/mol. The minimum absolute atomic E-state index is 0.0630. The first-order chi connectivity index (χ1) is 15.5. The fourth-order valence-electron chi connectivity index (χ4n) is 5.24. The van der Waals surface area contributed by atoms with Crippen molar-refractivity contribution in [3.05, 3.63) is 60.7 Å². The van der Waals surface area contributed by atoms with Crippen molar-refractivity contribution in [3.63, 3.8) is 0 Å². The Bertz CT molecular complexity index is 891. The van der Waals surface area contributed by atoms with E-state index in [1.54, 1.807) is 48.5 Å². The van der Waals surface area contributed by atoms with Crippen LogP contribution in [0.15, 0.2) is 60.7 Å². The second-order valence-corrected chi connectivity index (χ2v) is 27.0. The highest BCUT2D eigenvalue weighted by molar-refractivity contribution is 7.04. The molecule has 0 spiro atoms. The van der Waals surface area contributed by atoms with Crippen LogP contribution in [-0.4, -0.2) is 54.8 Å². The van der Waals surface area contributed by atoms with Crippen molar-refractivity contribution in [2.24, 2.45) is 0 Å². The Balaban J connectivity index is 3.06. The van der Waals surface area contributed by atoms with Gasteiger partial charge in [-0.25, -0.2) is 12.3 Å². The smallest absolute Gasteiger partial charge is 0.322 e. The molecule has 0 atom stereocenters. The topological polar surface area (TPSA) is 9.72 Å². The standard InChI is InChI=1S/C24H42F3N3Si4/c1-21(2)28(31(5,6)7)34(27,29(22(3)4)32(8,9)10)30(23-17-13-11-14-18-23)33(25,26)24-19-15-12-16-20-24/h11-22H,1-10H3. The van der Waals surface area contributed by atoms with Crippen molar-refractivity contribution in [2.75, 3.05) is 4.23 Å². The maximum atomic E-state index is 18.7. The van der Waals surface area contributed by atoms with Crippen LogP contribution in [0.25, 0.3) is 0 Å². The van der Waals surface area contributed by atoms with E-state index in [1.807, 2.05) is 36.2 Å². The average Bonchev–Trinajstić information content (AvgIpc) is 2.66. The van der Waals surface area contributed by atoms with Gasteiger partial charge in [-0.3, -0.25) is 8.46 Å². The van der Waals surface area contributed by atoms with Gasteiger partial charge in [0.25, 0.3) is 0 Å². The third kappa shape index (κ3) is 5.79. The van der Waals surface area contributed by atoms with Gasteiger partial charge in [-0.1, -0.05) is 116 Å². The third-order valence-corrected chi connectivity index (χ3v) is 22.1. The molecule has 0 unspecified atom stereocenters. The summed E-state index contributed by atoms with van der Waals surface area (Å²) < 4.78 is 57.3. The molecule has 34 heavy (non-hydrogen) atoms. The van der Waals surface area contributed by atoms with E-state index < -0.39 is 34.3 Å². The molecule has 0 aromatic heterocycles. The highest BCUT2D eigenvalue weighted by atomic mass is 28.5. The minimum atomic E-state index is -5.48. The number of rotatable bonds is 10. The molecule has 0 aliphatic carbocycles. The zero-order valence-corrected chi connectivity index (χ0v) is 26.4. The SMILES string of the molecule is CC(C)N([Si](C)(C)C)[Si](F)(N(C(C)C)[Si](C)(C)C)N(c1ccccc1)[Si](F)(F)c1ccccc1. The highest BCUT2D eigenvalue weighted by Gasteiger charge is 2.69. The van der Waals surface area contributed by atoms with Crippen molar-refractivity contribution in [3.8, 4) is 0 Å². The molecule has 0 saturated carbocycles. The van der Waals surface area contributed by atoms with Crippen molar-refractivity contribution >= 4 is 45.1 Å². The molecule has 0 radical (unpaired) electrons. The number of benzene rings is 2. The third-order valence-electron chi connectivity index (χ3n) is 5.79. The van der Waals surface area contributed by atoms with E-state index in [0.29, 0.717) is 0 Å². The Labute approximate surface area is 209 Å². The van der Waals surface area contributed by atoms with E-state index in [0.717, 1.165) is 4.23 Å². The molecular formula is C24H42F3N3Si4. The number of para-hydroxylation sites is 1. The summed E-state index contributed by atoms with van der Waals surface area (Å²) in [6.45, 7) is 20.2. The van der Waals surface area contributed by atoms with Gasteiger partial charge in [0.05, 0.1) is 0 Å². The van der Waals surface area contributed by atoms with Crippen LogP contribution in [0.3, 0.4) is 0 Å². The normalized spacial score (nSPS) is 13.9. The molecule has 0 amide bonds. The Morgan fingerprint density at radius 3 is 1.26 bits per heavy atom. The summed E-state index contributed by atoms with van der Waals surface area (Å²) in [7, 11) is -14.9. The van der Waals surface area contributed by atoms with E-state index in [2.05, 4.69) is 39.3 Å². The fourth-order valence-corrected chi connectivity index (χ4v) is 23.6. The van der Waals surface area contributed by atoms with Crippen LogP contribution in [0.5, 0.6) is 0 Å². The van der Waals surface area contributed by atoms with Crippen molar-refractivity contribution in [1.82, 2.24) is 8.46 Å². The monoisotopic (exact) mass is 541 g/mol. The first kappa shape index (κ1) is 29.1. The molecule has 2 aromatic rings. The van der Waals surface area contributed by atoms with Gasteiger partial charge < -0.3 is 4.23 Å². The quantitative estimate of drug-likeness (QED) is 0.243. The highest BCUT2D eigenvalue weighted by Crippen LogP contribution is 2.41. The molecule has 2 rings (SSSR count). The van der Waals surface area contributed by atoms with Gasteiger partial charge in [0, 0.05) is 10.9 Å². The van der Waals surface area contributed by atoms with Crippen LogP contribution < -0.4 is 9.42 Å². The zero-order chi connectivity index (χ0) is 26.1. The van der Waals surface area contributed by atoms with Crippen LogP contribution in [0.2, 0.25) is 39.3 Å². The Hall–Kier alpha value is -1.18. The maximum Gasteiger partial charge on any atom is 0.567 e. The molecule has 0 saturated heterocycles. The second-order valence-electron chi connectivity index (χ2n) is 11.4. The lowest BCUT2D eigenvalue weighted by Crippen LogP contribution is -2.87. The molecule has 10 heteroatoms. The lowest BCUT2D eigenvalue weighted by molar-refractivity contribution is 0.348. The first-order valence-electron chi connectivity index (χ1n) is 12.0. The molecule has 0 heterocycles. The van der Waals surface area contributed by atoms with Gasteiger partial charge in [0.1, 0.15) is 16.5 Å². The number of hydrogen-bond donors (Lipinski definition) is 0. The van der Waals surface area contributed by atoms with Gasteiger partial charge in [-0.15, -0.1) is 0 Å². The van der Waals surface area contributed by atoms with Gasteiger partial charge in [-0.05, 0) is 24.2 Å². The minimum Gasteiger partial charge on any atom is -0.322 e. The average molecular weight is 542 g/mol. The summed E-state index contributed by atoms with van der Waals surface area (Å²) in [4.78, 5) is 0. The second kappa shape index (κ2) is 10.4. The molecule has 0 aliphatic heterocycles. The summed E-state index contributed by atoms with van der Waals surface area (Å²) in [5.74, 6) is 0. The first-order valence-corrected chi connectivity index (χ1v) is 22.3. The summed E-state index contributed by atoms with van der Waals surface area (Å²) in [6.07, 6.45) is 0. The van der Waals surface area contributed by atoms with Crippen molar-refractivity contribution in [2.45, 2.75) is 79.1 Å². The Morgan fingerprint density at radius 1 is 0.588 bits per heavy atom. The van der Waals surface area contributed by atoms with Gasteiger partial charge in [-0.2, -0.15) is 0 Å². The van der Waals surface area contributed by atoms with Gasteiger partial charge in [0.15, 0.2) is 0 Å². The summed E-state index contributed by atoms with van der Waals surface area (Å²) in [5.41, 5.74) is 0.269. The molecule has 0 fully saturated rings. The Kier molecular flexibility index (Phi) is 8.91. The van der Waals surface area contributed by atoms with E-state index in [-0.39, 0.29) is 23.0 Å². The fraction of sp³-hybridized carbons (Fsp3) is 0.500. The summed E-state index contributed by atoms with van der Waals surface area (Å²) in [6, 6.07) is 16.0. The van der Waals surface area contributed by atoms with Gasteiger partial charge in [0.2, 0.25) is 0 Å². The molecule has 0 N–H and O–H groups in total. The summed E-state index contributed by atoms with van der Waals surface area (Å²) in [5, 5.41) is -0.0630. The molecule has 0 bridgehead atoms. The van der Waals surface area contributed by atoms with Crippen LogP contribution in [0.4, 0.5) is 18.0 Å². The maximum absolute atomic E-state index is 18.7. The molecule has 3 nitrogen and oxygen atoms in total. The lowest BCUT2D eigenvalue weighted by atomic mass is 10.3. The van der Waals surface area contributed by atoms with Crippen LogP contribution in [0.1, 0.15) is 27.7 Å².